The summed E-state index contributed by atoms with van der Waals surface area (Å²) in [6.45, 7) is 1.45. The molecule has 1 atom stereocenters. The minimum atomic E-state index is 0.0809. The normalized spacial score (nSPS) is 12.6. The zero-order valence-corrected chi connectivity index (χ0v) is 11.8. The van der Waals surface area contributed by atoms with Crippen molar-refractivity contribution in [3.05, 3.63) is 42.0 Å². The van der Waals surface area contributed by atoms with Crippen LogP contribution in [-0.2, 0) is 0 Å². The smallest absolute Gasteiger partial charge is 0.126 e. The van der Waals surface area contributed by atoms with Crippen molar-refractivity contribution in [1.82, 2.24) is 5.32 Å². The largest absolute Gasteiger partial charge is 0.496 e. The molecular formula is C16H22N2O2. The second-order valence-electron chi connectivity index (χ2n) is 4.72. The van der Waals surface area contributed by atoms with Crippen LogP contribution in [0.5, 0.6) is 5.75 Å². The van der Waals surface area contributed by atoms with Crippen molar-refractivity contribution in [2.75, 3.05) is 26.8 Å². The highest BCUT2D eigenvalue weighted by Crippen LogP contribution is 2.31. The minimum absolute atomic E-state index is 0.0809. The molecule has 0 aliphatic heterocycles. The van der Waals surface area contributed by atoms with Crippen LogP contribution >= 0.6 is 0 Å². The standard InChI is InChI=1S/C16H22N2O2/c1-20-16-8-7-13(12-5-2-3-6-14(12)16)15(11-17)18-9-4-10-19/h2-3,5-8,15,18-19H,4,9-11,17H2,1H3. The summed E-state index contributed by atoms with van der Waals surface area (Å²) in [5.74, 6) is 0.871. The summed E-state index contributed by atoms with van der Waals surface area (Å²) in [5.41, 5.74) is 7.06. The van der Waals surface area contributed by atoms with E-state index in [1.54, 1.807) is 7.11 Å². The molecule has 2 aromatic rings. The average Bonchev–Trinajstić information content (AvgIpc) is 2.51. The number of benzene rings is 2. The molecule has 0 amide bonds. The first-order valence-corrected chi connectivity index (χ1v) is 6.91. The predicted molar refractivity (Wildman–Crippen MR) is 82.0 cm³/mol. The molecule has 0 saturated heterocycles. The topological polar surface area (TPSA) is 67.5 Å². The van der Waals surface area contributed by atoms with E-state index in [1.807, 2.05) is 18.2 Å². The monoisotopic (exact) mass is 274 g/mol. The van der Waals surface area contributed by atoms with Gasteiger partial charge in [0, 0.05) is 24.6 Å². The lowest BCUT2D eigenvalue weighted by atomic mass is 9.98. The van der Waals surface area contributed by atoms with Crippen molar-refractivity contribution in [2.45, 2.75) is 12.5 Å². The number of hydrogen-bond acceptors (Lipinski definition) is 4. The van der Waals surface area contributed by atoms with Gasteiger partial charge in [0.2, 0.25) is 0 Å². The first kappa shape index (κ1) is 14.8. The molecule has 0 bridgehead atoms. The molecule has 0 fully saturated rings. The Kier molecular flexibility index (Phi) is 5.35. The predicted octanol–water partition coefficient (Wildman–Crippen LogP) is 1.82. The molecule has 4 nitrogen and oxygen atoms in total. The molecule has 0 spiro atoms. The SMILES string of the molecule is COc1ccc(C(CN)NCCCO)c2ccccc12. The molecular weight excluding hydrogens is 252 g/mol. The third-order valence-corrected chi connectivity index (χ3v) is 3.47. The Bertz CT molecular complexity index is 557. The molecule has 108 valence electrons. The van der Waals surface area contributed by atoms with Crippen molar-refractivity contribution in [3.63, 3.8) is 0 Å². The number of nitrogens with one attached hydrogen (secondary N) is 1. The van der Waals surface area contributed by atoms with Gasteiger partial charge in [-0.2, -0.15) is 0 Å². The summed E-state index contributed by atoms with van der Waals surface area (Å²) in [6, 6.07) is 12.3. The maximum atomic E-state index is 8.87. The van der Waals surface area contributed by atoms with E-state index in [4.69, 9.17) is 15.6 Å². The van der Waals surface area contributed by atoms with Gasteiger partial charge in [-0.25, -0.2) is 0 Å². The van der Waals surface area contributed by atoms with Crippen LogP contribution in [0.25, 0.3) is 10.8 Å². The summed E-state index contributed by atoms with van der Waals surface area (Å²) >= 11 is 0. The molecule has 4 heteroatoms. The van der Waals surface area contributed by atoms with Gasteiger partial charge < -0.3 is 20.9 Å². The third kappa shape index (κ3) is 3.10. The first-order chi connectivity index (χ1) is 9.81. The number of nitrogens with two attached hydrogens (primary N) is 1. The van der Waals surface area contributed by atoms with E-state index >= 15 is 0 Å². The van der Waals surface area contributed by atoms with Gasteiger partial charge in [-0.1, -0.05) is 30.3 Å². The van der Waals surface area contributed by atoms with Gasteiger partial charge in [0.15, 0.2) is 0 Å². The average molecular weight is 274 g/mol. The Morgan fingerprint density at radius 2 is 1.95 bits per heavy atom. The number of rotatable bonds is 7. The van der Waals surface area contributed by atoms with E-state index in [2.05, 4.69) is 23.5 Å². The Morgan fingerprint density at radius 3 is 2.60 bits per heavy atom. The Morgan fingerprint density at radius 1 is 1.20 bits per heavy atom. The summed E-state index contributed by atoms with van der Waals surface area (Å²) in [7, 11) is 1.68. The van der Waals surface area contributed by atoms with Crippen molar-refractivity contribution in [3.8, 4) is 5.75 Å². The highest BCUT2D eigenvalue weighted by atomic mass is 16.5. The van der Waals surface area contributed by atoms with Gasteiger partial charge in [0.05, 0.1) is 7.11 Å². The van der Waals surface area contributed by atoms with E-state index < -0.39 is 0 Å². The molecule has 2 rings (SSSR count). The van der Waals surface area contributed by atoms with Crippen LogP contribution in [0.3, 0.4) is 0 Å². The number of hydrogen-bond donors (Lipinski definition) is 3. The lowest BCUT2D eigenvalue weighted by Gasteiger charge is -2.20. The lowest BCUT2D eigenvalue weighted by molar-refractivity contribution is 0.283. The summed E-state index contributed by atoms with van der Waals surface area (Å²) < 4.78 is 5.41. The molecule has 0 aromatic heterocycles. The van der Waals surface area contributed by atoms with Gasteiger partial charge in [-0.05, 0) is 30.0 Å². The number of methoxy groups -OCH3 is 1. The number of aliphatic hydroxyl groups excluding tert-OH is 1. The molecule has 0 aliphatic carbocycles. The Labute approximate surface area is 119 Å². The zero-order valence-electron chi connectivity index (χ0n) is 11.8. The van der Waals surface area contributed by atoms with Gasteiger partial charge in [-0.3, -0.25) is 0 Å². The highest BCUT2D eigenvalue weighted by Gasteiger charge is 2.14. The Hall–Kier alpha value is -1.62. The van der Waals surface area contributed by atoms with E-state index in [9.17, 15) is 0 Å². The van der Waals surface area contributed by atoms with Crippen LogP contribution in [0.15, 0.2) is 36.4 Å². The van der Waals surface area contributed by atoms with Crippen LogP contribution in [0.4, 0.5) is 0 Å². The lowest BCUT2D eigenvalue weighted by Crippen LogP contribution is -2.29. The third-order valence-electron chi connectivity index (χ3n) is 3.47. The van der Waals surface area contributed by atoms with Gasteiger partial charge in [-0.15, -0.1) is 0 Å². The number of ether oxygens (including phenoxy) is 1. The fraction of sp³-hybridized carbons (Fsp3) is 0.375. The second-order valence-corrected chi connectivity index (χ2v) is 4.72. The van der Waals surface area contributed by atoms with Crippen LogP contribution in [0, 0.1) is 0 Å². The van der Waals surface area contributed by atoms with Crippen LogP contribution in [-0.4, -0.2) is 31.9 Å². The van der Waals surface area contributed by atoms with E-state index in [1.165, 1.54) is 5.56 Å². The molecule has 1 unspecified atom stereocenters. The van der Waals surface area contributed by atoms with Gasteiger partial charge in [0.1, 0.15) is 5.75 Å². The number of fused-ring (bicyclic) bond motifs is 1. The summed E-state index contributed by atoms with van der Waals surface area (Å²) in [5, 5.41) is 14.5. The van der Waals surface area contributed by atoms with E-state index in [0.717, 1.165) is 29.5 Å². The first-order valence-electron chi connectivity index (χ1n) is 6.91. The quantitative estimate of drug-likeness (QED) is 0.674. The summed E-state index contributed by atoms with van der Waals surface area (Å²) in [4.78, 5) is 0. The Balaban J connectivity index is 2.37. The van der Waals surface area contributed by atoms with Crippen molar-refractivity contribution >= 4 is 10.8 Å². The minimum Gasteiger partial charge on any atom is -0.496 e. The van der Waals surface area contributed by atoms with Crippen molar-refractivity contribution in [2.24, 2.45) is 5.73 Å². The maximum Gasteiger partial charge on any atom is 0.126 e. The van der Waals surface area contributed by atoms with E-state index in [0.29, 0.717) is 6.54 Å². The van der Waals surface area contributed by atoms with Gasteiger partial charge in [0.25, 0.3) is 0 Å². The van der Waals surface area contributed by atoms with E-state index in [-0.39, 0.29) is 12.6 Å². The second kappa shape index (κ2) is 7.24. The molecule has 0 radical (unpaired) electrons. The van der Waals surface area contributed by atoms with Crippen molar-refractivity contribution < 1.29 is 9.84 Å². The van der Waals surface area contributed by atoms with Crippen LogP contribution < -0.4 is 15.8 Å². The maximum absolute atomic E-state index is 8.87. The number of aliphatic hydroxyl groups is 1. The molecule has 2 aromatic carbocycles. The fourth-order valence-corrected chi connectivity index (χ4v) is 2.45. The molecule has 0 saturated carbocycles. The summed E-state index contributed by atoms with van der Waals surface area (Å²) in [6.07, 6.45) is 0.727. The molecule has 20 heavy (non-hydrogen) atoms. The molecule has 0 aliphatic rings. The van der Waals surface area contributed by atoms with Gasteiger partial charge >= 0.3 is 0 Å². The van der Waals surface area contributed by atoms with Crippen LogP contribution in [0.1, 0.15) is 18.0 Å². The fourth-order valence-electron chi connectivity index (χ4n) is 2.45. The molecule has 4 N–H and O–H groups in total. The van der Waals surface area contributed by atoms with Crippen molar-refractivity contribution in [1.29, 1.82) is 0 Å². The molecule has 0 heterocycles. The van der Waals surface area contributed by atoms with Crippen LogP contribution in [0.2, 0.25) is 0 Å². The zero-order chi connectivity index (χ0) is 14.4. The highest BCUT2D eigenvalue weighted by molar-refractivity contribution is 5.91.